The molecule has 0 aromatic heterocycles. The number of thiocarbonyl (C=S) groups is 1. The van der Waals surface area contributed by atoms with Crippen LogP contribution in [-0.4, -0.2) is 18.6 Å². The van der Waals surface area contributed by atoms with Gasteiger partial charge in [-0.25, -0.2) is 0 Å². The summed E-state index contributed by atoms with van der Waals surface area (Å²) >= 11 is 5.52. The second-order valence-electron chi connectivity index (χ2n) is 4.54. The molecule has 0 saturated carbocycles. The van der Waals surface area contributed by atoms with Crippen LogP contribution >= 0.6 is 12.2 Å². The minimum atomic E-state index is 0.682. The van der Waals surface area contributed by atoms with Crippen LogP contribution in [0.2, 0.25) is 0 Å². The van der Waals surface area contributed by atoms with Crippen molar-refractivity contribution in [3.8, 4) is 5.75 Å². The van der Waals surface area contributed by atoms with E-state index < -0.39 is 0 Å². The number of nitrogens with zero attached hydrogens (tertiary/aromatic N) is 1. The molecule has 3 heteroatoms. The summed E-state index contributed by atoms with van der Waals surface area (Å²) in [7, 11) is 2.00. The predicted octanol–water partition coefficient (Wildman–Crippen LogP) is 4.09. The molecule has 104 valence electrons. The van der Waals surface area contributed by atoms with Crippen LogP contribution in [-0.2, 0) is 6.42 Å². The van der Waals surface area contributed by atoms with E-state index in [2.05, 4.69) is 12.1 Å². The van der Waals surface area contributed by atoms with Crippen molar-refractivity contribution in [3.63, 3.8) is 0 Å². The molecule has 0 spiro atoms. The fourth-order valence-corrected chi connectivity index (χ4v) is 2.24. The first-order chi connectivity index (χ1) is 9.70. The molecular weight excluding hydrogens is 266 g/mol. The minimum Gasteiger partial charge on any atom is -0.494 e. The number of hydrogen-bond donors (Lipinski definition) is 0. The van der Waals surface area contributed by atoms with E-state index in [1.54, 1.807) is 0 Å². The smallest absolute Gasteiger partial charge is 0.119 e. The van der Waals surface area contributed by atoms with Gasteiger partial charge in [0.25, 0.3) is 0 Å². The Labute approximate surface area is 126 Å². The summed E-state index contributed by atoms with van der Waals surface area (Å²) in [6, 6.07) is 18.3. The van der Waals surface area contributed by atoms with Crippen molar-refractivity contribution in [1.29, 1.82) is 0 Å². The average Bonchev–Trinajstić information content (AvgIpc) is 2.48. The highest BCUT2D eigenvalue weighted by Gasteiger charge is 2.08. The topological polar surface area (TPSA) is 12.5 Å². The molecule has 0 N–H and O–H groups in total. The number of hydrogen-bond acceptors (Lipinski definition) is 2. The lowest BCUT2D eigenvalue weighted by Crippen LogP contribution is -2.26. The number of likely N-dealkylation sites (N-methyl/N-ethyl adjacent to an activating group) is 1. The lowest BCUT2D eigenvalue weighted by atomic mass is 10.1. The highest BCUT2D eigenvalue weighted by molar-refractivity contribution is 7.80. The Morgan fingerprint density at radius 3 is 2.30 bits per heavy atom. The molecule has 0 fully saturated rings. The molecule has 0 aliphatic rings. The highest BCUT2D eigenvalue weighted by Crippen LogP contribution is 2.19. The molecule has 0 atom stereocenters. The molecule has 0 aliphatic carbocycles. The molecular formula is C17H19NOS. The van der Waals surface area contributed by atoms with Gasteiger partial charge in [0.2, 0.25) is 0 Å². The van der Waals surface area contributed by atoms with Crippen molar-refractivity contribution in [3.05, 3.63) is 60.2 Å². The molecule has 2 nitrogen and oxygen atoms in total. The van der Waals surface area contributed by atoms with E-state index in [9.17, 15) is 0 Å². The van der Waals surface area contributed by atoms with Crippen LogP contribution in [0.3, 0.4) is 0 Å². The van der Waals surface area contributed by atoms with E-state index in [1.807, 2.05) is 61.3 Å². The van der Waals surface area contributed by atoms with Crippen LogP contribution in [0.15, 0.2) is 54.6 Å². The number of anilines is 1. The Bertz CT molecular complexity index is 551. The normalized spacial score (nSPS) is 10.1. The second kappa shape index (κ2) is 7.06. The van der Waals surface area contributed by atoms with Crippen LogP contribution in [0.4, 0.5) is 5.69 Å². The largest absolute Gasteiger partial charge is 0.494 e. The summed E-state index contributed by atoms with van der Waals surface area (Å²) in [6.45, 7) is 2.66. The van der Waals surface area contributed by atoms with Crippen LogP contribution in [0.25, 0.3) is 0 Å². The number of benzene rings is 2. The Balaban J connectivity index is 2.02. The van der Waals surface area contributed by atoms with Crippen molar-refractivity contribution in [2.75, 3.05) is 18.6 Å². The maximum atomic E-state index is 5.52. The van der Waals surface area contributed by atoms with Gasteiger partial charge in [0.15, 0.2) is 0 Å². The van der Waals surface area contributed by atoms with E-state index in [4.69, 9.17) is 17.0 Å². The van der Waals surface area contributed by atoms with Gasteiger partial charge in [-0.3, -0.25) is 0 Å². The molecule has 0 radical (unpaired) electrons. The van der Waals surface area contributed by atoms with Crippen LogP contribution in [0.1, 0.15) is 12.5 Å². The quantitative estimate of drug-likeness (QED) is 0.768. The summed E-state index contributed by atoms with van der Waals surface area (Å²) in [4.78, 5) is 2.94. The molecule has 0 amide bonds. The zero-order valence-corrected chi connectivity index (χ0v) is 12.7. The minimum absolute atomic E-state index is 0.682. The average molecular weight is 285 g/mol. The predicted molar refractivity (Wildman–Crippen MR) is 88.8 cm³/mol. The first kappa shape index (κ1) is 14.5. The fraction of sp³-hybridized carbons (Fsp3) is 0.235. The zero-order chi connectivity index (χ0) is 14.4. The summed E-state index contributed by atoms with van der Waals surface area (Å²) in [5.41, 5.74) is 2.31. The SMILES string of the molecule is CCOc1ccc(N(C)C(=S)Cc2ccccc2)cc1. The van der Waals surface area contributed by atoms with E-state index in [0.717, 1.165) is 22.8 Å². The second-order valence-corrected chi connectivity index (χ2v) is 5.01. The van der Waals surface area contributed by atoms with Crippen LogP contribution in [0.5, 0.6) is 5.75 Å². The summed E-state index contributed by atoms with van der Waals surface area (Å²) in [5, 5.41) is 0. The van der Waals surface area contributed by atoms with Gasteiger partial charge in [-0.1, -0.05) is 42.5 Å². The van der Waals surface area contributed by atoms with E-state index in [-0.39, 0.29) is 0 Å². The van der Waals surface area contributed by atoms with E-state index in [1.165, 1.54) is 5.56 Å². The van der Waals surface area contributed by atoms with Gasteiger partial charge < -0.3 is 9.64 Å². The lowest BCUT2D eigenvalue weighted by Gasteiger charge is -2.20. The Morgan fingerprint density at radius 1 is 1.05 bits per heavy atom. The van der Waals surface area contributed by atoms with Gasteiger partial charge in [-0.05, 0) is 36.8 Å². The third kappa shape index (κ3) is 3.81. The first-order valence-electron chi connectivity index (χ1n) is 6.74. The van der Waals surface area contributed by atoms with Crippen molar-refractivity contribution < 1.29 is 4.74 Å². The Morgan fingerprint density at radius 2 is 1.70 bits per heavy atom. The molecule has 2 aromatic carbocycles. The summed E-state index contributed by atoms with van der Waals surface area (Å²) in [5.74, 6) is 0.888. The lowest BCUT2D eigenvalue weighted by molar-refractivity contribution is 0.340. The van der Waals surface area contributed by atoms with E-state index >= 15 is 0 Å². The number of rotatable bonds is 5. The summed E-state index contributed by atoms with van der Waals surface area (Å²) < 4.78 is 5.45. The maximum Gasteiger partial charge on any atom is 0.119 e. The molecule has 0 unspecified atom stereocenters. The van der Waals surface area contributed by atoms with Crippen molar-refractivity contribution in [1.82, 2.24) is 0 Å². The van der Waals surface area contributed by atoms with Gasteiger partial charge in [0, 0.05) is 19.2 Å². The molecule has 20 heavy (non-hydrogen) atoms. The molecule has 2 rings (SSSR count). The zero-order valence-electron chi connectivity index (χ0n) is 11.9. The van der Waals surface area contributed by atoms with Crippen LogP contribution < -0.4 is 9.64 Å². The van der Waals surface area contributed by atoms with Gasteiger partial charge in [-0.15, -0.1) is 0 Å². The monoisotopic (exact) mass is 285 g/mol. The van der Waals surface area contributed by atoms with Gasteiger partial charge in [0.1, 0.15) is 5.75 Å². The fourth-order valence-electron chi connectivity index (χ4n) is 1.97. The molecule has 0 aliphatic heterocycles. The number of ether oxygens (including phenoxy) is 1. The molecule has 0 bridgehead atoms. The van der Waals surface area contributed by atoms with Crippen molar-refractivity contribution in [2.24, 2.45) is 0 Å². The van der Waals surface area contributed by atoms with Crippen molar-refractivity contribution in [2.45, 2.75) is 13.3 Å². The van der Waals surface area contributed by atoms with Crippen molar-refractivity contribution >= 4 is 22.9 Å². The van der Waals surface area contributed by atoms with Gasteiger partial charge in [-0.2, -0.15) is 0 Å². The van der Waals surface area contributed by atoms with E-state index in [0.29, 0.717) is 6.61 Å². The molecule has 0 saturated heterocycles. The Kier molecular flexibility index (Phi) is 5.13. The molecule has 2 aromatic rings. The molecule has 0 heterocycles. The standard InChI is InChI=1S/C17H19NOS/c1-3-19-16-11-9-15(10-12-16)18(2)17(20)13-14-7-5-4-6-8-14/h4-12H,3,13H2,1-2H3. The third-order valence-corrected chi connectivity index (χ3v) is 3.53. The maximum absolute atomic E-state index is 5.52. The van der Waals surface area contributed by atoms with Crippen LogP contribution in [0, 0.1) is 0 Å². The highest BCUT2D eigenvalue weighted by atomic mass is 32.1. The first-order valence-corrected chi connectivity index (χ1v) is 7.15. The summed E-state index contributed by atoms with van der Waals surface area (Å²) in [6.07, 6.45) is 0.778. The third-order valence-electron chi connectivity index (χ3n) is 3.11. The van der Waals surface area contributed by atoms with Gasteiger partial charge in [0.05, 0.1) is 11.6 Å². The van der Waals surface area contributed by atoms with Gasteiger partial charge >= 0.3 is 0 Å². The Hall–Kier alpha value is -1.87.